The average Bonchev–Trinajstić information content (AvgIpc) is 2.70. The molecule has 0 aliphatic heterocycles. The first kappa shape index (κ1) is 21.4. The van der Waals surface area contributed by atoms with Gasteiger partial charge in [-0.2, -0.15) is 4.31 Å². The largest absolute Gasteiger partial charge is 0.481 e. The van der Waals surface area contributed by atoms with Crippen molar-refractivity contribution in [2.45, 2.75) is 24.8 Å². The molecule has 0 heterocycles. The second-order valence-corrected chi connectivity index (χ2v) is 7.99. The summed E-state index contributed by atoms with van der Waals surface area (Å²) in [5, 5.41) is 9.10. The molecule has 2 aromatic carbocycles. The van der Waals surface area contributed by atoms with Crippen molar-refractivity contribution in [1.29, 1.82) is 0 Å². The van der Waals surface area contributed by atoms with Crippen LogP contribution in [-0.4, -0.2) is 37.5 Å². The van der Waals surface area contributed by atoms with Crippen LogP contribution in [0.5, 0.6) is 5.75 Å². The van der Waals surface area contributed by atoms with E-state index in [0.29, 0.717) is 11.3 Å². The van der Waals surface area contributed by atoms with Crippen LogP contribution in [-0.2, 0) is 14.8 Å². The first-order chi connectivity index (χ1) is 13.3. The number of nitrogens with one attached hydrogen (secondary N) is 1. The molecule has 2 aromatic rings. The van der Waals surface area contributed by atoms with Crippen molar-refractivity contribution in [2.24, 2.45) is 0 Å². The van der Waals surface area contributed by atoms with E-state index < -0.39 is 22.0 Å². The SMILES string of the molecule is CC#CCOc1ccc(S(=O)(=O)N(C)C(C(=O)NO)c2ccc(C)cc2)cc1. The fourth-order valence-corrected chi connectivity index (χ4v) is 3.85. The second kappa shape index (κ2) is 9.37. The number of nitrogens with zero attached hydrogens (tertiary/aromatic N) is 1. The lowest BCUT2D eigenvalue weighted by molar-refractivity contribution is -0.133. The Bertz CT molecular complexity index is 974. The van der Waals surface area contributed by atoms with E-state index in [1.165, 1.54) is 31.3 Å². The highest BCUT2D eigenvalue weighted by atomic mass is 32.2. The Balaban J connectivity index is 2.33. The molecule has 148 valence electrons. The van der Waals surface area contributed by atoms with Gasteiger partial charge in [0.25, 0.3) is 5.91 Å². The van der Waals surface area contributed by atoms with Gasteiger partial charge in [-0.3, -0.25) is 10.0 Å². The molecule has 0 aliphatic carbocycles. The zero-order valence-electron chi connectivity index (χ0n) is 15.8. The Kier molecular flexibility index (Phi) is 7.18. The van der Waals surface area contributed by atoms with Crippen LogP contribution in [0.25, 0.3) is 0 Å². The smallest absolute Gasteiger partial charge is 0.266 e. The number of carbonyl (C=O) groups is 1. The molecule has 1 atom stereocenters. The van der Waals surface area contributed by atoms with Gasteiger partial charge < -0.3 is 4.74 Å². The zero-order chi connectivity index (χ0) is 20.7. The molecule has 28 heavy (non-hydrogen) atoms. The number of rotatable bonds is 7. The third-order valence-electron chi connectivity index (χ3n) is 4.10. The highest BCUT2D eigenvalue weighted by Crippen LogP contribution is 2.27. The van der Waals surface area contributed by atoms with Crippen molar-refractivity contribution in [3.63, 3.8) is 0 Å². The Labute approximate surface area is 165 Å². The van der Waals surface area contributed by atoms with Gasteiger partial charge in [0.05, 0.1) is 4.90 Å². The summed E-state index contributed by atoms with van der Waals surface area (Å²) < 4.78 is 32.3. The first-order valence-corrected chi connectivity index (χ1v) is 9.86. The van der Waals surface area contributed by atoms with Crippen LogP contribution < -0.4 is 10.2 Å². The monoisotopic (exact) mass is 402 g/mol. The summed E-state index contributed by atoms with van der Waals surface area (Å²) in [6.45, 7) is 3.78. The number of hydroxylamine groups is 1. The summed E-state index contributed by atoms with van der Waals surface area (Å²) in [6, 6.07) is 11.4. The van der Waals surface area contributed by atoms with Crippen molar-refractivity contribution in [1.82, 2.24) is 9.79 Å². The van der Waals surface area contributed by atoms with E-state index in [9.17, 15) is 13.2 Å². The Morgan fingerprint density at radius 2 is 1.79 bits per heavy atom. The minimum Gasteiger partial charge on any atom is -0.481 e. The maximum absolute atomic E-state index is 13.0. The van der Waals surface area contributed by atoms with E-state index in [4.69, 9.17) is 9.94 Å². The Morgan fingerprint density at radius 3 is 2.32 bits per heavy atom. The van der Waals surface area contributed by atoms with Crippen LogP contribution in [0.2, 0.25) is 0 Å². The van der Waals surface area contributed by atoms with Crippen LogP contribution in [0, 0.1) is 18.8 Å². The molecule has 2 rings (SSSR count). The molecule has 0 spiro atoms. The molecule has 0 saturated carbocycles. The van der Waals surface area contributed by atoms with Gasteiger partial charge in [-0.15, -0.1) is 5.92 Å². The van der Waals surface area contributed by atoms with E-state index in [2.05, 4.69) is 11.8 Å². The van der Waals surface area contributed by atoms with Gasteiger partial charge >= 0.3 is 0 Å². The van der Waals surface area contributed by atoms with Gasteiger partial charge in [-0.25, -0.2) is 13.9 Å². The number of ether oxygens (including phenoxy) is 1. The van der Waals surface area contributed by atoms with Crippen molar-refractivity contribution < 1.29 is 23.2 Å². The van der Waals surface area contributed by atoms with E-state index in [0.717, 1.165) is 9.87 Å². The number of hydrogen-bond acceptors (Lipinski definition) is 5. The van der Waals surface area contributed by atoms with Crippen molar-refractivity contribution in [2.75, 3.05) is 13.7 Å². The highest BCUT2D eigenvalue weighted by molar-refractivity contribution is 7.89. The molecule has 0 radical (unpaired) electrons. The van der Waals surface area contributed by atoms with Crippen LogP contribution in [0.4, 0.5) is 0 Å². The predicted octanol–water partition coefficient (Wildman–Crippen LogP) is 2.26. The maximum atomic E-state index is 13.0. The minimum absolute atomic E-state index is 0.00761. The number of sulfonamides is 1. The van der Waals surface area contributed by atoms with Gasteiger partial charge in [0, 0.05) is 7.05 Å². The molecule has 0 bridgehead atoms. The van der Waals surface area contributed by atoms with Crippen molar-refractivity contribution in [3.8, 4) is 17.6 Å². The van der Waals surface area contributed by atoms with Crippen LogP contribution in [0.3, 0.4) is 0 Å². The topological polar surface area (TPSA) is 95.9 Å². The number of amides is 1. The summed E-state index contributed by atoms with van der Waals surface area (Å²) in [5.74, 6) is 5.07. The molecule has 0 fully saturated rings. The van der Waals surface area contributed by atoms with Gasteiger partial charge in [0.2, 0.25) is 10.0 Å². The number of hydrogen-bond donors (Lipinski definition) is 2. The first-order valence-electron chi connectivity index (χ1n) is 8.42. The van der Waals surface area contributed by atoms with Gasteiger partial charge in [0.1, 0.15) is 18.4 Å². The molecular weight excluding hydrogens is 380 g/mol. The van der Waals surface area contributed by atoms with Gasteiger partial charge in [0.15, 0.2) is 0 Å². The summed E-state index contributed by atoms with van der Waals surface area (Å²) in [6.07, 6.45) is 0. The number of carbonyl (C=O) groups excluding carboxylic acids is 1. The lowest BCUT2D eigenvalue weighted by Crippen LogP contribution is -2.40. The van der Waals surface area contributed by atoms with E-state index in [-0.39, 0.29) is 11.5 Å². The fraction of sp³-hybridized carbons (Fsp3) is 0.250. The average molecular weight is 402 g/mol. The molecule has 1 amide bonds. The Hall–Kier alpha value is -2.86. The third kappa shape index (κ3) is 4.89. The summed E-state index contributed by atoms with van der Waals surface area (Å²) in [5.41, 5.74) is 2.93. The van der Waals surface area contributed by atoms with Crippen LogP contribution in [0.1, 0.15) is 24.1 Å². The summed E-state index contributed by atoms with van der Waals surface area (Å²) in [4.78, 5) is 12.2. The predicted molar refractivity (Wildman–Crippen MR) is 104 cm³/mol. The number of benzene rings is 2. The van der Waals surface area contributed by atoms with Crippen LogP contribution in [0.15, 0.2) is 53.4 Å². The van der Waals surface area contributed by atoms with Crippen molar-refractivity contribution in [3.05, 3.63) is 59.7 Å². The molecular formula is C20H22N2O5S. The van der Waals surface area contributed by atoms with E-state index >= 15 is 0 Å². The minimum atomic E-state index is -4.02. The normalized spacial score (nSPS) is 12.0. The molecule has 1 unspecified atom stereocenters. The molecule has 0 aliphatic rings. The molecule has 0 saturated heterocycles. The van der Waals surface area contributed by atoms with Gasteiger partial charge in [-0.1, -0.05) is 35.7 Å². The lowest BCUT2D eigenvalue weighted by Gasteiger charge is -2.26. The van der Waals surface area contributed by atoms with E-state index in [1.54, 1.807) is 36.7 Å². The standard InChI is InChI=1S/C20H22N2O5S/c1-4-5-14-27-17-10-12-18(13-11-17)28(25,26)22(3)19(20(23)21-24)16-8-6-15(2)7-9-16/h6-13,19,24H,14H2,1-3H3,(H,21,23). The highest BCUT2D eigenvalue weighted by Gasteiger charge is 2.34. The molecule has 8 heteroatoms. The number of aryl methyl sites for hydroxylation is 1. The van der Waals surface area contributed by atoms with Gasteiger partial charge in [-0.05, 0) is 43.7 Å². The second-order valence-electron chi connectivity index (χ2n) is 6.00. The third-order valence-corrected chi connectivity index (χ3v) is 5.94. The Morgan fingerprint density at radius 1 is 1.18 bits per heavy atom. The maximum Gasteiger partial charge on any atom is 0.266 e. The van der Waals surface area contributed by atoms with Crippen LogP contribution >= 0.6 is 0 Å². The molecule has 2 N–H and O–H groups in total. The summed E-state index contributed by atoms with van der Waals surface area (Å²) in [7, 11) is -2.73. The molecule has 7 nitrogen and oxygen atoms in total. The fourth-order valence-electron chi connectivity index (χ4n) is 2.54. The lowest BCUT2D eigenvalue weighted by atomic mass is 10.1. The number of likely N-dealkylation sites (N-methyl/N-ethyl adjacent to an activating group) is 1. The van der Waals surface area contributed by atoms with Crippen molar-refractivity contribution >= 4 is 15.9 Å². The van der Waals surface area contributed by atoms with E-state index in [1.807, 2.05) is 6.92 Å². The molecule has 0 aromatic heterocycles. The quantitative estimate of drug-likeness (QED) is 0.421. The summed E-state index contributed by atoms with van der Waals surface area (Å²) >= 11 is 0. The zero-order valence-corrected chi connectivity index (χ0v) is 16.7.